The first kappa shape index (κ1) is 25.6. The average molecular weight is 442 g/mol. The average Bonchev–Trinajstić information content (AvgIpc) is 2.75. The Bertz CT molecular complexity index is 997. The fourth-order valence-corrected chi connectivity index (χ4v) is 3.44. The first-order valence-electron chi connectivity index (χ1n) is 11.8. The predicted molar refractivity (Wildman–Crippen MR) is 133 cm³/mol. The zero-order valence-corrected chi connectivity index (χ0v) is 20.4. The van der Waals surface area contributed by atoms with E-state index in [0.29, 0.717) is 36.4 Å². The first-order chi connectivity index (χ1) is 15.4. The Balaban J connectivity index is 2.28. The van der Waals surface area contributed by atoms with E-state index in [-0.39, 0.29) is 17.1 Å². The van der Waals surface area contributed by atoms with Crippen LogP contribution in [-0.4, -0.2) is 22.9 Å². The minimum Gasteiger partial charge on any atom is -0.504 e. The molecule has 1 aromatic heterocycles. The Morgan fingerprint density at radius 3 is 2.50 bits per heavy atom. The second-order valence-corrected chi connectivity index (χ2v) is 8.55. The van der Waals surface area contributed by atoms with Crippen LogP contribution in [0.15, 0.2) is 46.3 Å². The van der Waals surface area contributed by atoms with Crippen molar-refractivity contribution in [1.29, 1.82) is 0 Å². The molecule has 0 saturated heterocycles. The number of hydrogen-bond acceptors (Lipinski definition) is 4. The molecule has 1 N–H and O–H groups in total. The van der Waals surface area contributed by atoms with Gasteiger partial charge in [0.1, 0.15) is 12.4 Å². The highest BCUT2D eigenvalue weighted by Gasteiger charge is 2.18. The van der Waals surface area contributed by atoms with Gasteiger partial charge in [-0.15, -0.1) is 0 Å². The van der Waals surface area contributed by atoms with E-state index in [9.17, 15) is 9.90 Å². The smallest absolute Gasteiger partial charge is 0.297 e. The number of allylic oxidation sites excluding steroid dienone is 3. The van der Waals surface area contributed by atoms with Crippen molar-refractivity contribution in [3.63, 3.8) is 0 Å². The van der Waals surface area contributed by atoms with Gasteiger partial charge in [0, 0.05) is 18.0 Å². The molecule has 176 valence electrons. The van der Waals surface area contributed by atoms with Gasteiger partial charge in [0.15, 0.2) is 5.75 Å². The van der Waals surface area contributed by atoms with Crippen molar-refractivity contribution in [3.05, 3.63) is 51.9 Å². The Kier molecular flexibility index (Phi) is 10.4. The second-order valence-electron chi connectivity index (χ2n) is 8.55. The highest BCUT2D eigenvalue weighted by Crippen LogP contribution is 2.33. The van der Waals surface area contributed by atoms with Crippen LogP contribution in [0, 0.1) is 0 Å². The molecule has 0 aliphatic rings. The lowest BCUT2D eigenvalue weighted by Crippen LogP contribution is -2.23. The van der Waals surface area contributed by atoms with E-state index in [2.05, 4.69) is 46.8 Å². The Labute approximate surface area is 192 Å². The summed E-state index contributed by atoms with van der Waals surface area (Å²) in [5.41, 5.74) is 3.01. The summed E-state index contributed by atoms with van der Waals surface area (Å²) in [5, 5.41) is 11.4. The SMILES string of the molecule is CCCCOc1c(O)c2ccc(OC/C=C(\C)CCC=C(C)C)cc2n(CCCC)c1=O. The third kappa shape index (κ3) is 7.18. The van der Waals surface area contributed by atoms with E-state index in [4.69, 9.17) is 9.47 Å². The zero-order chi connectivity index (χ0) is 23.5. The number of aryl methyl sites for hydroxylation is 1. The van der Waals surface area contributed by atoms with Gasteiger partial charge >= 0.3 is 0 Å². The van der Waals surface area contributed by atoms with Crippen molar-refractivity contribution < 1.29 is 14.6 Å². The zero-order valence-electron chi connectivity index (χ0n) is 20.4. The molecule has 0 bridgehead atoms. The van der Waals surface area contributed by atoms with E-state index in [1.165, 1.54) is 11.1 Å². The van der Waals surface area contributed by atoms with Crippen molar-refractivity contribution >= 4 is 10.9 Å². The summed E-state index contributed by atoms with van der Waals surface area (Å²) in [5.74, 6) is 0.635. The fourth-order valence-electron chi connectivity index (χ4n) is 3.44. The Morgan fingerprint density at radius 1 is 1.06 bits per heavy atom. The lowest BCUT2D eigenvalue weighted by atomic mass is 10.1. The maximum Gasteiger partial charge on any atom is 0.297 e. The molecule has 5 heteroatoms. The third-order valence-electron chi connectivity index (χ3n) is 5.42. The second kappa shape index (κ2) is 13.0. The maximum absolute atomic E-state index is 13.1. The number of aromatic hydroxyl groups is 1. The number of ether oxygens (including phenoxy) is 2. The number of fused-ring (bicyclic) bond motifs is 1. The Morgan fingerprint density at radius 2 is 1.81 bits per heavy atom. The number of aromatic nitrogens is 1. The molecule has 1 heterocycles. The predicted octanol–water partition coefficient (Wildman–Crippen LogP) is 6.76. The monoisotopic (exact) mass is 441 g/mol. The molecule has 0 saturated carbocycles. The van der Waals surface area contributed by atoms with Gasteiger partial charge in [0.05, 0.1) is 12.1 Å². The van der Waals surface area contributed by atoms with E-state index in [1.807, 2.05) is 12.1 Å². The molecular weight excluding hydrogens is 402 g/mol. The van der Waals surface area contributed by atoms with E-state index < -0.39 is 0 Å². The first-order valence-corrected chi connectivity index (χ1v) is 11.8. The van der Waals surface area contributed by atoms with Gasteiger partial charge in [-0.05, 0) is 64.7 Å². The molecular formula is C27H39NO4. The topological polar surface area (TPSA) is 60.7 Å². The van der Waals surface area contributed by atoms with Crippen LogP contribution < -0.4 is 15.0 Å². The van der Waals surface area contributed by atoms with Gasteiger partial charge in [-0.2, -0.15) is 0 Å². The Hall–Kier alpha value is -2.69. The summed E-state index contributed by atoms with van der Waals surface area (Å²) in [7, 11) is 0. The fraction of sp³-hybridized carbons (Fsp3) is 0.519. The van der Waals surface area contributed by atoms with Crippen molar-refractivity contribution in [2.45, 2.75) is 79.7 Å². The number of pyridine rings is 1. The molecule has 0 aliphatic carbocycles. The number of unbranched alkanes of at least 4 members (excludes halogenated alkanes) is 2. The van der Waals surface area contributed by atoms with Gasteiger partial charge < -0.3 is 19.1 Å². The third-order valence-corrected chi connectivity index (χ3v) is 5.42. The minimum atomic E-state index is -0.285. The van der Waals surface area contributed by atoms with Gasteiger partial charge in [-0.25, -0.2) is 0 Å². The summed E-state index contributed by atoms with van der Waals surface area (Å²) in [6, 6.07) is 5.48. The van der Waals surface area contributed by atoms with Gasteiger partial charge in [-0.3, -0.25) is 4.79 Å². The van der Waals surface area contributed by atoms with Crippen molar-refractivity contribution in [2.75, 3.05) is 13.2 Å². The molecule has 5 nitrogen and oxygen atoms in total. The number of benzene rings is 1. The van der Waals surface area contributed by atoms with E-state index in [0.717, 1.165) is 38.5 Å². The minimum absolute atomic E-state index is 0.0469. The van der Waals surface area contributed by atoms with Gasteiger partial charge in [0.25, 0.3) is 5.56 Å². The molecule has 0 radical (unpaired) electrons. The summed E-state index contributed by atoms with van der Waals surface area (Å²) >= 11 is 0. The molecule has 0 fully saturated rings. The highest BCUT2D eigenvalue weighted by molar-refractivity contribution is 5.88. The van der Waals surface area contributed by atoms with Gasteiger partial charge in [0.2, 0.25) is 5.75 Å². The molecule has 0 unspecified atom stereocenters. The summed E-state index contributed by atoms with van der Waals surface area (Å²) in [6.45, 7) is 11.9. The molecule has 32 heavy (non-hydrogen) atoms. The molecule has 2 rings (SSSR count). The summed E-state index contributed by atoms with van der Waals surface area (Å²) in [4.78, 5) is 13.1. The van der Waals surface area contributed by atoms with Crippen LogP contribution >= 0.6 is 0 Å². The van der Waals surface area contributed by atoms with Gasteiger partial charge in [-0.1, -0.05) is 43.9 Å². The van der Waals surface area contributed by atoms with E-state index in [1.54, 1.807) is 10.6 Å². The summed E-state index contributed by atoms with van der Waals surface area (Å²) < 4.78 is 13.3. The number of rotatable bonds is 13. The quantitative estimate of drug-likeness (QED) is 0.276. The number of hydrogen-bond donors (Lipinski definition) is 1. The molecule has 2 aromatic rings. The van der Waals surface area contributed by atoms with Crippen LogP contribution in [0.2, 0.25) is 0 Å². The lowest BCUT2D eigenvalue weighted by molar-refractivity contribution is 0.287. The summed E-state index contributed by atoms with van der Waals surface area (Å²) in [6.07, 6.45) is 10.0. The lowest BCUT2D eigenvalue weighted by Gasteiger charge is -2.16. The van der Waals surface area contributed by atoms with E-state index >= 15 is 0 Å². The van der Waals surface area contributed by atoms with Crippen LogP contribution in [-0.2, 0) is 6.54 Å². The normalized spacial score (nSPS) is 11.6. The van der Waals surface area contributed by atoms with Crippen LogP contribution in [0.1, 0.15) is 73.1 Å². The van der Waals surface area contributed by atoms with Crippen molar-refractivity contribution in [2.24, 2.45) is 0 Å². The van der Waals surface area contributed by atoms with Crippen LogP contribution in [0.25, 0.3) is 10.9 Å². The largest absolute Gasteiger partial charge is 0.504 e. The highest BCUT2D eigenvalue weighted by atomic mass is 16.5. The maximum atomic E-state index is 13.1. The molecule has 0 atom stereocenters. The van der Waals surface area contributed by atoms with Crippen LogP contribution in [0.4, 0.5) is 0 Å². The molecule has 0 aliphatic heterocycles. The molecule has 0 spiro atoms. The standard InChI is InChI=1S/C27H39NO4/c1-6-8-16-28-24-19-22(31-18-15-21(5)12-10-11-20(3)4)13-14-23(24)25(29)26(27(28)30)32-17-9-7-2/h11,13-15,19,29H,6-10,12,16-18H2,1-5H3/b21-15+. The molecule has 1 aromatic carbocycles. The van der Waals surface area contributed by atoms with Crippen molar-refractivity contribution in [3.8, 4) is 17.2 Å². The van der Waals surface area contributed by atoms with Crippen LogP contribution in [0.5, 0.6) is 17.2 Å². The molecule has 0 amide bonds. The van der Waals surface area contributed by atoms with Crippen molar-refractivity contribution in [1.82, 2.24) is 4.57 Å². The number of nitrogens with zero attached hydrogens (tertiary/aromatic N) is 1. The van der Waals surface area contributed by atoms with Crippen LogP contribution in [0.3, 0.4) is 0 Å².